The second-order valence-corrected chi connectivity index (χ2v) is 8.25. The van der Waals surface area contributed by atoms with Crippen molar-refractivity contribution in [2.75, 3.05) is 21.1 Å². The molecule has 3 heteroatoms. The molecule has 1 N–H and O–H groups in total. The van der Waals surface area contributed by atoms with Crippen LogP contribution in [0.3, 0.4) is 0 Å². The van der Waals surface area contributed by atoms with E-state index in [1.165, 1.54) is 25.7 Å². The Morgan fingerprint density at radius 3 is 2.00 bits per heavy atom. The van der Waals surface area contributed by atoms with E-state index >= 15 is 0 Å². The predicted molar refractivity (Wildman–Crippen MR) is 85.1 cm³/mol. The first-order valence-electron chi connectivity index (χ1n) is 8.19. The van der Waals surface area contributed by atoms with Gasteiger partial charge in [-0.05, 0) is 68.1 Å². The predicted octanol–water partition coefficient (Wildman–Crippen LogP) is 3.04. The molecule has 1 aliphatic heterocycles. The summed E-state index contributed by atoms with van der Waals surface area (Å²) in [5.41, 5.74) is 0.235. The minimum atomic E-state index is -0.0528. The second kappa shape index (κ2) is 5.26. The van der Waals surface area contributed by atoms with Crippen molar-refractivity contribution in [3.05, 3.63) is 0 Å². The third-order valence-corrected chi connectivity index (χ3v) is 5.80. The molecule has 1 saturated heterocycles. The summed E-state index contributed by atoms with van der Waals surface area (Å²) >= 11 is 0. The fraction of sp³-hybridized carbons (Fsp3) is 1.00. The van der Waals surface area contributed by atoms with Crippen molar-refractivity contribution in [2.45, 2.75) is 82.6 Å². The van der Waals surface area contributed by atoms with Crippen LogP contribution in [-0.4, -0.2) is 48.8 Å². The van der Waals surface area contributed by atoms with Gasteiger partial charge >= 0.3 is 0 Å². The number of nitrogens with one attached hydrogen (secondary N) is 1. The van der Waals surface area contributed by atoms with Crippen LogP contribution in [0.15, 0.2) is 0 Å². The van der Waals surface area contributed by atoms with Crippen molar-refractivity contribution >= 4 is 0 Å². The lowest BCUT2D eigenvalue weighted by Gasteiger charge is -2.48. The van der Waals surface area contributed by atoms with Crippen LogP contribution in [0.4, 0.5) is 0 Å². The van der Waals surface area contributed by atoms with Gasteiger partial charge in [0, 0.05) is 17.5 Å². The Kier molecular flexibility index (Phi) is 4.27. The van der Waals surface area contributed by atoms with E-state index in [2.05, 4.69) is 59.1 Å². The van der Waals surface area contributed by atoms with Crippen molar-refractivity contribution in [3.63, 3.8) is 0 Å². The zero-order chi connectivity index (χ0) is 15.2. The Bertz CT molecular complexity index is 343. The molecule has 2 atom stereocenters. The Labute approximate surface area is 125 Å². The number of nitrogens with zero attached hydrogens (tertiary/aromatic N) is 1. The molecule has 0 aromatic heterocycles. The Balaban J connectivity index is 2.32. The van der Waals surface area contributed by atoms with Crippen molar-refractivity contribution < 1.29 is 4.74 Å². The van der Waals surface area contributed by atoms with Gasteiger partial charge in [-0.1, -0.05) is 12.8 Å². The van der Waals surface area contributed by atoms with Gasteiger partial charge in [0.2, 0.25) is 0 Å². The molecule has 118 valence electrons. The van der Waals surface area contributed by atoms with E-state index < -0.39 is 0 Å². The summed E-state index contributed by atoms with van der Waals surface area (Å²) in [5, 5.41) is 3.68. The van der Waals surface area contributed by atoms with Crippen LogP contribution in [-0.2, 0) is 4.74 Å². The molecule has 3 nitrogen and oxygen atoms in total. The molecule has 2 rings (SSSR count). The molecular formula is C17H34N2O. The standard InChI is InChI=1S/C17H34N2O/c1-15(2)12-13(16(3,4)20-15)14(18-5)17(19(6)7)10-8-9-11-17/h13-14,18H,8-12H2,1-7H3. The van der Waals surface area contributed by atoms with E-state index in [9.17, 15) is 0 Å². The number of rotatable bonds is 4. The quantitative estimate of drug-likeness (QED) is 0.858. The first kappa shape index (κ1) is 16.3. The third-order valence-electron chi connectivity index (χ3n) is 5.80. The number of hydrogen-bond acceptors (Lipinski definition) is 3. The topological polar surface area (TPSA) is 24.5 Å². The average Bonchev–Trinajstić information content (AvgIpc) is 2.84. The van der Waals surface area contributed by atoms with Gasteiger partial charge in [0.15, 0.2) is 0 Å². The summed E-state index contributed by atoms with van der Waals surface area (Å²) in [6, 6.07) is 0.497. The molecule has 0 aromatic rings. The largest absolute Gasteiger partial charge is 0.369 e. The summed E-state index contributed by atoms with van der Waals surface area (Å²) in [4.78, 5) is 2.47. The highest BCUT2D eigenvalue weighted by Gasteiger charge is 2.55. The third kappa shape index (κ3) is 2.65. The van der Waals surface area contributed by atoms with Crippen molar-refractivity contribution in [1.29, 1.82) is 0 Å². The maximum Gasteiger partial charge on any atom is 0.0678 e. The Morgan fingerprint density at radius 2 is 1.65 bits per heavy atom. The summed E-state index contributed by atoms with van der Waals surface area (Å²) in [6.45, 7) is 9.01. The van der Waals surface area contributed by atoms with Gasteiger partial charge in [-0.15, -0.1) is 0 Å². The SMILES string of the molecule is CNC(C1CC(C)(C)OC1(C)C)C1(N(C)C)CCCC1. The van der Waals surface area contributed by atoms with Gasteiger partial charge in [-0.2, -0.15) is 0 Å². The fourth-order valence-corrected chi connectivity index (χ4v) is 4.99. The van der Waals surface area contributed by atoms with Crippen molar-refractivity contribution in [2.24, 2.45) is 5.92 Å². The molecular weight excluding hydrogens is 248 g/mol. The Morgan fingerprint density at radius 1 is 1.10 bits per heavy atom. The van der Waals surface area contributed by atoms with E-state index in [1.807, 2.05) is 0 Å². The first-order valence-corrected chi connectivity index (χ1v) is 8.19. The van der Waals surface area contributed by atoms with Gasteiger partial charge in [0.25, 0.3) is 0 Å². The van der Waals surface area contributed by atoms with Crippen LogP contribution in [0.2, 0.25) is 0 Å². The van der Waals surface area contributed by atoms with E-state index in [0.717, 1.165) is 6.42 Å². The van der Waals surface area contributed by atoms with Crippen LogP contribution < -0.4 is 5.32 Å². The van der Waals surface area contributed by atoms with Gasteiger partial charge in [0.1, 0.15) is 0 Å². The minimum Gasteiger partial charge on any atom is -0.369 e. The summed E-state index contributed by atoms with van der Waals surface area (Å²) in [6.07, 6.45) is 6.46. The molecule has 0 spiro atoms. The van der Waals surface area contributed by atoms with E-state index in [-0.39, 0.29) is 11.2 Å². The fourth-order valence-electron chi connectivity index (χ4n) is 4.99. The summed E-state index contributed by atoms with van der Waals surface area (Å²) in [7, 11) is 6.64. The number of hydrogen-bond donors (Lipinski definition) is 1. The molecule has 1 aliphatic carbocycles. The maximum absolute atomic E-state index is 6.36. The Hall–Kier alpha value is -0.120. The number of ether oxygens (including phenoxy) is 1. The summed E-state index contributed by atoms with van der Waals surface area (Å²) in [5.74, 6) is 0.558. The zero-order valence-corrected chi connectivity index (χ0v) is 14.5. The summed E-state index contributed by atoms with van der Waals surface area (Å²) < 4.78 is 6.36. The van der Waals surface area contributed by atoms with Crippen molar-refractivity contribution in [1.82, 2.24) is 10.2 Å². The molecule has 2 fully saturated rings. The molecule has 1 heterocycles. The molecule has 0 bridgehead atoms. The molecule has 2 unspecified atom stereocenters. The smallest absolute Gasteiger partial charge is 0.0678 e. The first-order chi connectivity index (χ1) is 9.15. The van der Waals surface area contributed by atoms with E-state index in [0.29, 0.717) is 17.5 Å². The van der Waals surface area contributed by atoms with Gasteiger partial charge in [-0.25, -0.2) is 0 Å². The monoisotopic (exact) mass is 282 g/mol. The molecule has 1 saturated carbocycles. The van der Waals surface area contributed by atoms with Crippen LogP contribution in [0.5, 0.6) is 0 Å². The average molecular weight is 282 g/mol. The molecule has 2 aliphatic rings. The molecule has 0 aromatic carbocycles. The van der Waals surface area contributed by atoms with Crippen molar-refractivity contribution in [3.8, 4) is 0 Å². The maximum atomic E-state index is 6.36. The van der Waals surface area contributed by atoms with Crippen LogP contribution in [0, 0.1) is 5.92 Å². The molecule has 0 radical (unpaired) electrons. The lowest BCUT2D eigenvalue weighted by atomic mass is 9.71. The van der Waals surface area contributed by atoms with Crippen LogP contribution in [0.1, 0.15) is 59.8 Å². The van der Waals surface area contributed by atoms with Crippen LogP contribution in [0.25, 0.3) is 0 Å². The molecule has 0 amide bonds. The normalized spacial score (nSPS) is 32.7. The number of likely N-dealkylation sites (N-methyl/N-ethyl adjacent to an activating group) is 2. The zero-order valence-electron chi connectivity index (χ0n) is 14.5. The van der Waals surface area contributed by atoms with E-state index in [1.54, 1.807) is 0 Å². The second-order valence-electron chi connectivity index (χ2n) is 8.25. The highest BCUT2D eigenvalue weighted by atomic mass is 16.5. The highest BCUT2D eigenvalue weighted by molar-refractivity contribution is 5.10. The lowest BCUT2D eigenvalue weighted by Crippen LogP contribution is -2.62. The van der Waals surface area contributed by atoms with Gasteiger partial charge in [0.05, 0.1) is 11.2 Å². The minimum absolute atomic E-state index is 0.00459. The van der Waals surface area contributed by atoms with E-state index in [4.69, 9.17) is 4.74 Å². The lowest BCUT2D eigenvalue weighted by molar-refractivity contribution is -0.0840. The van der Waals surface area contributed by atoms with Gasteiger partial charge < -0.3 is 15.0 Å². The van der Waals surface area contributed by atoms with Gasteiger partial charge in [-0.3, -0.25) is 0 Å². The highest BCUT2D eigenvalue weighted by Crippen LogP contribution is 2.49. The molecule has 20 heavy (non-hydrogen) atoms. The van der Waals surface area contributed by atoms with Crippen LogP contribution >= 0.6 is 0 Å².